The third-order valence-corrected chi connectivity index (χ3v) is 6.65. The smallest absolute Gasteiger partial charge is 0.252 e. The highest BCUT2D eigenvalue weighted by Gasteiger charge is 2.33. The predicted octanol–water partition coefficient (Wildman–Crippen LogP) is 5.03. The van der Waals surface area contributed by atoms with Gasteiger partial charge in [0.2, 0.25) is 5.91 Å². The Kier molecular flexibility index (Phi) is 5.27. The number of nitrogens with zero attached hydrogens (tertiary/aromatic N) is 4. The van der Waals surface area contributed by atoms with Gasteiger partial charge >= 0.3 is 0 Å². The van der Waals surface area contributed by atoms with Gasteiger partial charge in [0, 0.05) is 22.5 Å². The molecule has 0 saturated heterocycles. The van der Waals surface area contributed by atoms with Crippen molar-refractivity contribution in [3.8, 4) is 17.2 Å². The summed E-state index contributed by atoms with van der Waals surface area (Å²) in [7, 11) is 0. The highest BCUT2D eigenvalue weighted by atomic mass is 32.2. The van der Waals surface area contributed by atoms with Crippen molar-refractivity contribution < 1.29 is 4.79 Å². The lowest BCUT2D eigenvalue weighted by Crippen LogP contribution is -2.17. The van der Waals surface area contributed by atoms with Crippen molar-refractivity contribution in [2.45, 2.75) is 26.0 Å². The molecule has 0 unspecified atom stereocenters. The molecule has 5 rings (SSSR count). The summed E-state index contributed by atoms with van der Waals surface area (Å²) < 4.78 is 1.68. The Hall–Kier alpha value is -3.45. The first kappa shape index (κ1) is 20.5. The number of nitrogens with one attached hydrogen (secondary N) is 1. The van der Waals surface area contributed by atoms with Crippen LogP contribution in [0.4, 0.5) is 5.82 Å². The van der Waals surface area contributed by atoms with Crippen LogP contribution in [0.25, 0.3) is 17.2 Å². The van der Waals surface area contributed by atoms with Crippen LogP contribution in [0.2, 0.25) is 0 Å². The molecule has 2 aromatic heterocycles. The number of amides is 1. The van der Waals surface area contributed by atoms with E-state index in [0.29, 0.717) is 17.5 Å². The fourth-order valence-corrected chi connectivity index (χ4v) is 5.18. The van der Waals surface area contributed by atoms with Crippen LogP contribution in [-0.2, 0) is 4.79 Å². The maximum Gasteiger partial charge on any atom is 0.252 e. The lowest BCUT2D eigenvalue weighted by Gasteiger charge is -2.16. The monoisotopic (exact) mass is 441 g/mol. The number of aryl methyl sites for hydroxylation is 3. The number of hydrogen-bond acceptors (Lipinski definition) is 5. The Morgan fingerprint density at radius 2 is 1.72 bits per heavy atom. The normalized spacial score (nSPS) is 15.7. The Labute approximate surface area is 191 Å². The quantitative estimate of drug-likeness (QED) is 0.483. The number of carbonyl (C=O) groups is 1. The second kappa shape index (κ2) is 8.24. The fraction of sp³-hybridized carbons (Fsp3) is 0.200. The zero-order valence-corrected chi connectivity index (χ0v) is 19.0. The fourth-order valence-electron chi connectivity index (χ4n) is 4.06. The average Bonchev–Trinajstić information content (AvgIpc) is 3.04. The van der Waals surface area contributed by atoms with E-state index in [1.54, 1.807) is 16.4 Å². The number of benzene rings is 2. The Morgan fingerprint density at radius 3 is 2.44 bits per heavy atom. The van der Waals surface area contributed by atoms with Gasteiger partial charge in [-0.3, -0.25) is 4.79 Å². The molecular formula is C25H23N5OS. The van der Waals surface area contributed by atoms with E-state index in [-0.39, 0.29) is 11.2 Å². The summed E-state index contributed by atoms with van der Waals surface area (Å²) in [5.74, 6) is 1.39. The van der Waals surface area contributed by atoms with Crippen molar-refractivity contribution >= 4 is 23.5 Å². The summed E-state index contributed by atoms with van der Waals surface area (Å²) in [5.41, 5.74) is 6.81. The number of fused-ring (bicyclic) bond motifs is 1. The van der Waals surface area contributed by atoms with E-state index in [2.05, 4.69) is 46.5 Å². The van der Waals surface area contributed by atoms with Gasteiger partial charge in [0.05, 0.1) is 16.7 Å². The summed E-state index contributed by atoms with van der Waals surface area (Å²) >= 11 is 1.61. The molecule has 3 heterocycles. The molecule has 1 N–H and O–H groups in total. The first-order valence-corrected chi connectivity index (χ1v) is 11.5. The number of thioether (sulfide) groups is 1. The molecule has 0 saturated carbocycles. The van der Waals surface area contributed by atoms with Crippen molar-refractivity contribution in [1.82, 2.24) is 19.7 Å². The standard InChI is InChI=1S/C25H23N5OS/c1-15-8-7-11-19(12-15)23-21-22(18-9-5-4-6-10-18)29-30(24(21)28-20(31)14-32-23)25-26-16(2)13-17(3)27-25/h4-13,23H,14H2,1-3H3,(H,28,31)/t23-/m1/s1. The van der Waals surface area contributed by atoms with Gasteiger partial charge in [0.15, 0.2) is 0 Å². The van der Waals surface area contributed by atoms with Crippen molar-refractivity contribution in [3.63, 3.8) is 0 Å². The maximum absolute atomic E-state index is 12.7. The molecule has 1 atom stereocenters. The number of anilines is 1. The summed E-state index contributed by atoms with van der Waals surface area (Å²) in [5, 5.41) is 7.99. The van der Waals surface area contributed by atoms with E-state index >= 15 is 0 Å². The van der Waals surface area contributed by atoms with Gasteiger partial charge in [-0.05, 0) is 32.4 Å². The SMILES string of the molecule is Cc1cccc([C@H]2SCC(=O)Nc3c2c(-c2ccccc2)nn3-c2nc(C)cc(C)n2)c1. The summed E-state index contributed by atoms with van der Waals surface area (Å²) in [4.78, 5) is 22.0. The minimum atomic E-state index is -0.0588. The zero-order valence-electron chi connectivity index (χ0n) is 18.2. The summed E-state index contributed by atoms with van der Waals surface area (Å²) in [6.45, 7) is 5.95. The van der Waals surface area contributed by atoms with Gasteiger partial charge in [-0.15, -0.1) is 11.8 Å². The van der Waals surface area contributed by atoms with Crippen LogP contribution in [0.3, 0.4) is 0 Å². The lowest BCUT2D eigenvalue weighted by molar-refractivity contribution is -0.113. The number of aromatic nitrogens is 4. The molecule has 0 fully saturated rings. The molecular weight excluding hydrogens is 418 g/mol. The van der Waals surface area contributed by atoms with Gasteiger partial charge in [0.25, 0.3) is 5.95 Å². The second-order valence-electron chi connectivity index (χ2n) is 7.99. The molecule has 1 aliphatic rings. The van der Waals surface area contributed by atoms with E-state index < -0.39 is 0 Å². The Morgan fingerprint density at radius 1 is 0.969 bits per heavy atom. The highest BCUT2D eigenvalue weighted by Crippen LogP contribution is 2.46. The molecule has 7 heteroatoms. The van der Waals surface area contributed by atoms with E-state index in [1.807, 2.05) is 50.2 Å². The number of rotatable bonds is 3. The molecule has 1 amide bonds. The largest absolute Gasteiger partial charge is 0.309 e. The summed E-state index contributed by atoms with van der Waals surface area (Å²) in [6, 6.07) is 20.4. The average molecular weight is 442 g/mol. The molecule has 160 valence electrons. The second-order valence-corrected chi connectivity index (χ2v) is 9.09. The van der Waals surface area contributed by atoms with Gasteiger partial charge in [0.1, 0.15) is 5.82 Å². The van der Waals surface area contributed by atoms with Crippen LogP contribution in [0.1, 0.15) is 33.3 Å². The highest BCUT2D eigenvalue weighted by molar-refractivity contribution is 8.00. The van der Waals surface area contributed by atoms with Crippen molar-refractivity contribution in [2.24, 2.45) is 0 Å². The Bertz CT molecular complexity index is 1300. The van der Waals surface area contributed by atoms with Crippen molar-refractivity contribution in [1.29, 1.82) is 0 Å². The summed E-state index contributed by atoms with van der Waals surface area (Å²) in [6.07, 6.45) is 0. The minimum absolute atomic E-state index is 0.0567. The first-order valence-electron chi connectivity index (χ1n) is 10.5. The van der Waals surface area contributed by atoms with E-state index in [0.717, 1.165) is 33.8 Å². The number of hydrogen-bond donors (Lipinski definition) is 1. The van der Waals surface area contributed by atoms with Crippen LogP contribution in [0, 0.1) is 20.8 Å². The van der Waals surface area contributed by atoms with Gasteiger partial charge < -0.3 is 5.32 Å². The first-order chi connectivity index (χ1) is 15.5. The van der Waals surface area contributed by atoms with Crippen LogP contribution < -0.4 is 5.32 Å². The zero-order chi connectivity index (χ0) is 22.2. The van der Waals surface area contributed by atoms with Gasteiger partial charge in [-0.25, -0.2) is 9.97 Å². The van der Waals surface area contributed by atoms with E-state index in [4.69, 9.17) is 5.10 Å². The minimum Gasteiger partial charge on any atom is -0.309 e. The van der Waals surface area contributed by atoms with Gasteiger partial charge in [-0.2, -0.15) is 9.78 Å². The lowest BCUT2D eigenvalue weighted by atomic mass is 9.99. The van der Waals surface area contributed by atoms with E-state index in [9.17, 15) is 4.79 Å². The van der Waals surface area contributed by atoms with Crippen molar-refractivity contribution in [3.05, 3.63) is 88.7 Å². The van der Waals surface area contributed by atoms with E-state index in [1.165, 1.54) is 5.56 Å². The molecule has 0 bridgehead atoms. The number of carbonyl (C=O) groups excluding carboxylic acids is 1. The molecule has 0 aliphatic carbocycles. The molecule has 4 aromatic rings. The predicted molar refractivity (Wildman–Crippen MR) is 128 cm³/mol. The Balaban J connectivity index is 1.81. The molecule has 2 aromatic carbocycles. The molecule has 32 heavy (non-hydrogen) atoms. The van der Waals surface area contributed by atoms with Crippen LogP contribution in [-0.4, -0.2) is 31.4 Å². The third kappa shape index (κ3) is 3.80. The van der Waals surface area contributed by atoms with Gasteiger partial charge in [-0.1, -0.05) is 60.2 Å². The van der Waals surface area contributed by atoms with Crippen LogP contribution in [0.5, 0.6) is 0 Å². The van der Waals surface area contributed by atoms with Crippen molar-refractivity contribution in [2.75, 3.05) is 11.1 Å². The third-order valence-electron chi connectivity index (χ3n) is 5.38. The van der Waals surface area contributed by atoms with Crippen LogP contribution >= 0.6 is 11.8 Å². The maximum atomic E-state index is 12.7. The topological polar surface area (TPSA) is 72.7 Å². The van der Waals surface area contributed by atoms with Crippen LogP contribution in [0.15, 0.2) is 60.7 Å². The molecule has 6 nitrogen and oxygen atoms in total. The molecule has 0 spiro atoms. The molecule has 0 radical (unpaired) electrons. The molecule has 1 aliphatic heterocycles.